The van der Waals surface area contributed by atoms with Crippen LogP contribution in [0.25, 0.3) is 0 Å². The topological polar surface area (TPSA) is 17.1 Å². The van der Waals surface area contributed by atoms with Crippen molar-refractivity contribution in [1.29, 1.82) is 0 Å². The van der Waals surface area contributed by atoms with Crippen LogP contribution in [0.3, 0.4) is 0 Å². The predicted octanol–water partition coefficient (Wildman–Crippen LogP) is 3.82. The van der Waals surface area contributed by atoms with Gasteiger partial charge in [0, 0.05) is 24.2 Å². The summed E-state index contributed by atoms with van der Waals surface area (Å²) in [5, 5.41) is 0. The van der Waals surface area contributed by atoms with Crippen molar-refractivity contribution in [3.63, 3.8) is 0 Å². The number of alkyl halides is 2. The van der Waals surface area contributed by atoms with Crippen LogP contribution in [-0.2, 0) is 4.79 Å². The zero-order valence-corrected chi connectivity index (χ0v) is 9.78. The summed E-state index contributed by atoms with van der Waals surface area (Å²) in [6, 6.07) is 0. The molecule has 0 aromatic carbocycles. The highest BCUT2D eigenvalue weighted by atomic mass is 19.3. The van der Waals surface area contributed by atoms with Crippen molar-refractivity contribution in [1.82, 2.24) is 0 Å². The highest BCUT2D eigenvalue weighted by Gasteiger charge is 2.46. The maximum absolute atomic E-state index is 13.0. The summed E-state index contributed by atoms with van der Waals surface area (Å²) in [6.07, 6.45) is 1.15. The van der Waals surface area contributed by atoms with E-state index in [1.807, 2.05) is 20.8 Å². The molecule has 1 fully saturated rings. The van der Waals surface area contributed by atoms with Crippen molar-refractivity contribution in [3.05, 3.63) is 0 Å². The summed E-state index contributed by atoms with van der Waals surface area (Å²) in [4.78, 5) is 12.0. The van der Waals surface area contributed by atoms with Gasteiger partial charge in [0.2, 0.25) is 5.92 Å². The Bertz CT molecular complexity index is 236. The number of carbonyl (C=O) groups excluding carboxylic acids is 1. The van der Waals surface area contributed by atoms with Gasteiger partial charge in [0.1, 0.15) is 5.78 Å². The fourth-order valence-corrected chi connectivity index (χ4v) is 2.48. The summed E-state index contributed by atoms with van der Waals surface area (Å²) in [6.45, 7) is 5.64. The minimum Gasteiger partial charge on any atom is -0.299 e. The van der Waals surface area contributed by atoms with Crippen LogP contribution < -0.4 is 0 Å². The van der Waals surface area contributed by atoms with Gasteiger partial charge in [0.25, 0.3) is 0 Å². The zero-order chi connectivity index (χ0) is 11.7. The maximum Gasteiger partial charge on any atom is 0.248 e. The van der Waals surface area contributed by atoms with Crippen LogP contribution in [0.5, 0.6) is 0 Å². The molecule has 0 saturated heterocycles. The average Bonchev–Trinajstić information content (AvgIpc) is 2.18. The molecule has 0 atom stereocenters. The minimum atomic E-state index is -2.55. The van der Waals surface area contributed by atoms with Gasteiger partial charge in [0.05, 0.1) is 0 Å². The van der Waals surface area contributed by atoms with Crippen molar-refractivity contribution in [2.24, 2.45) is 11.3 Å². The lowest BCUT2D eigenvalue weighted by atomic mass is 9.66. The van der Waals surface area contributed by atoms with Gasteiger partial charge in [-0.05, 0) is 19.3 Å². The van der Waals surface area contributed by atoms with Crippen molar-refractivity contribution in [3.8, 4) is 0 Å². The van der Waals surface area contributed by atoms with Crippen molar-refractivity contribution in [2.75, 3.05) is 0 Å². The highest BCUT2D eigenvalue weighted by Crippen LogP contribution is 2.47. The first-order valence-electron chi connectivity index (χ1n) is 5.75. The second-order valence-electron chi connectivity index (χ2n) is 5.01. The number of hydrogen-bond acceptors (Lipinski definition) is 1. The van der Waals surface area contributed by atoms with Gasteiger partial charge in [-0.2, -0.15) is 0 Å². The first-order valence-corrected chi connectivity index (χ1v) is 5.75. The molecule has 0 heterocycles. The number of rotatable bonds is 3. The van der Waals surface area contributed by atoms with Crippen LogP contribution in [0.15, 0.2) is 0 Å². The molecule has 1 aliphatic carbocycles. The Morgan fingerprint density at radius 2 is 1.67 bits per heavy atom. The summed E-state index contributed by atoms with van der Waals surface area (Å²) in [5.41, 5.74) is -0.462. The van der Waals surface area contributed by atoms with Crippen LogP contribution in [0.4, 0.5) is 8.78 Å². The van der Waals surface area contributed by atoms with Gasteiger partial charge >= 0.3 is 0 Å². The fourth-order valence-electron chi connectivity index (χ4n) is 2.48. The molecule has 0 N–H and O–H groups in total. The Labute approximate surface area is 90.2 Å². The van der Waals surface area contributed by atoms with Crippen LogP contribution in [0, 0.1) is 11.3 Å². The molecule has 15 heavy (non-hydrogen) atoms. The molecule has 0 radical (unpaired) electrons. The highest BCUT2D eigenvalue weighted by molar-refractivity contribution is 5.86. The van der Waals surface area contributed by atoms with Crippen LogP contribution in [0.1, 0.15) is 52.9 Å². The molecule has 0 aliphatic heterocycles. The van der Waals surface area contributed by atoms with Crippen LogP contribution in [-0.4, -0.2) is 11.7 Å². The molecule has 0 spiro atoms. The lowest BCUT2D eigenvalue weighted by molar-refractivity contribution is -0.140. The van der Waals surface area contributed by atoms with E-state index in [0.717, 1.165) is 0 Å². The molecule has 0 aromatic heterocycles. The first-order chi connectivity index (χ1) is 6.83. The molecular weight excluding hydrogens is 198 g/mol. The normalized spacial score (nSPS) is 24.1. The Balaban J connectivity index is 2.77. The van der Waals surface area contributed by atoms with Gasteiger partial charge in [-0.3, -0.25) is 4.79 Å². The van der Waals surface area contributed by atoms with Crippen molar-refractivity contribution in [2.45, 2.75) is 58.8 Å². The predicted molar refractivity (Wildman–Crippen MR) is 56.0 cm³/mol. The minimum absolute atomic E-state index is 0.0447. The monoisotopic (exact) mass is 218 g/mol. The Morgan fingerprint density at radius 3 is 2.00 bits per heavy atom. The molecule has 0 amide bonds. The molecule has 1 rings (SSSR count). The quantitative estimate of drug-likeness (QED) is 0.703. The standard InChI is InChI=1S/C12H20F2O/c1-4-11(10(15)9(2)3)5-7-12(13,14)8-6-11/h9H,4-8H2,1-3H3. The number of hydrogen-bond donors (Lipinski definition) is 0. The molecule has 1 nitrogen and oxygen atoms in total. The molecule has 0 aromatic rings. The lowest BCUT2D eigenvalue weighted by Crippen LogP contribution is -2.40. The van der Waals surface area contributed by atoms with Gasteiger partial charge in [-0.1, -0.05) is 20.8 Å². The smallest absolute Gasteiger partial charge is 0.248 e. The van der Waals surface area contributed by atoms with E-state index in [2.05, 4.69) is 0 Å². The van der Waals surface area contributed by atoms with Gasteiger partial charge in [0.15, 0.2) is 0 Å². The van der Waals surface area contributed by atoms with Crippen LogP contribution in [0.2, 0.25) is 0 Å². The molecule has 0 unspecified atom stereocenters. The summed E-state index contributed by atoms with van der Waals surface area (Å²) in [5.74, 6) is -2.42. The van der Waals surface area contributed by atoms with E-state index in [4.69, 9.17) is 0 Å². The van der Waals surface area contributed by atoms with E-state index < -0.39 is 11.3 Å². The SMILES string of the molecule is CCC1(C(=O)C(C)C)CCC(F)(F)CC1. The van der Waals surface area contributed by atoms with Crippen LogP contribution >= 0.6 is 0 Å². The molecule has 1 aliphatic rings. The molecule has 88 valence electrons. The first kappa shape index (κ1) is 12.6. The third-order valence-electron chi connectivity index (χ3n) is 3.66. The van der Waals surface area contributed by atoms with Crippen molar-refractivity contribution < 1.29 is 13.6 Å². The third-order valence-corrected chi connectivity index (χ3v) is 3.66. The molecule has 3 heteroatoms. The Morgan fingerprint density at radius 1 is 1.20 bits per heavy atom. The second kappa shape index (κ2) is 4.18. The fraction of sp³-hybridized carbons (Fsp3) is 0.917. The maximum atomic E-state index is 13.0. The molecule has 0 bridgehead atoms. The molecule has 1 saturated carbocycles. The third kappa shape index (κ3) is 2.56. The van der Waals surface area contributed by atoms with E-state index in [-0.39, 0.29) is 24.5 Å². The van der Waals surface area contributed by atoms with E-state index >= 15 is 0 Å². The summed E-state index contributed by atoms with van der Waals surface area (Å²) < 4.78 is 26.1. The number of halogens is 2. The van der Waals surface area contributed by atoms with E-state index in [1.165, 1.54) is 0 Å². The summed E-state index contributed by atoms with van der Waals surface area (Å²) in [7, 11) is 0. The Kier molecular flexibility index (Phi) is 3.51. The van der Waals surface area contributed by atoms with Gasteiger partial charge < -0.3 is 0 Å². The number of ketones is 1. The average molecular weight is 218 g/mol. The number of carbonyl (C=O) groups is 1. The van der Waals surface area contributed by atoms with Crippen molar-refractivity contribution >= 4 is 5.78 Å². The second-order valence-corrected chi connectivity index (χ2v) is 5.01. The van der Waals surface area contributed by atoms with E-state index in [0.29, 0.717) is 19.3 Å². The summed E-state index contributed by atoms with van der Waals surface area (Å²) >= 11 is 0. The molecular formula is C12H20F2O. The largest absolute Gasteiger partial charge is 0.299 e. The van der Waals surface area contributed by atoms with E-state index in [1.54, 1.807) is 0 Å². The lowest BCUT2D eigenvalue weighted by Gasteiger charge is -2.39. The number of Topliss-reactive ketones (excluding diaryl/α,β-unsaturated/α-hetero) is 1. The van der Waals surface area contributed by atoms with Gasteiger partial charge in [-0.25, -0.2) is 8.78 Å². The Hall–Kier alpha value is -0.470. The zero-order valence-electron chi connectivity index (χ0n) is 9.78. The van der Waals surface area contributed by atoms with E-state index in [9.17, 15) is 13.6 Å². The van der Waals surface area contributed by atoms with Gasteiger partial charge in [-0.15, -0.1) is 0 Å².